The Hall–Kier alpha value is -1.46. The van der Waals surface area contributed by atoms with Gasteiger partial charge < -0.3 is 9.84 Å². The highest BCUT2D eigenvalue weighted by Crippen LogP contribution is 2.18. The molecule has 1 aromatic rings. The van der Waals surface area contributed by atoms with Crippen LogP contribution in [0.2, 0.25) is 0 Å². The Morgan fingerprint density at radius 1 is 1.42 bits per heavy atom. The van der Waals surface area contributed by atoms with Gasteiger partial charge >= 0.3 is 0 Å². The van der Waals surface area contributed by atoms with E-state index in [1.54, 1.807) is 0 Å². The molecule has 1 aromatic carbocycles. The number of benzene rings is 1. The fraction of sp³-hybridized carbons (Fsp3) is 0.417. The summed E-state index contributed by atoms with van der Waals surface area (Å²) in [6, 6.07) is 7.50. The summed E-state index contributed by atoms with van der Waals surface area (Å²) in [4.78, 5) is 0.0639. The van der Waals surface area contributed by atoms with Crippen LogP contribution in [0.3, 0.4) is 0 Å². The van der Waals surface area contributed by atoms with Gasteiger partial charge in [0.25, 0.3) is 0 Å². The summed E-state index contributed by atoms with van der Waals surface area (Å²) < 4.78 is 31.4. The van der Waals surface area contributed by atoms with Gasteiger partial charge in [-0.3, -0.25) is 0 Å². The zero-order valence-electron chi connectivity index (χ0n) is 10.2. The van der Waals surface area contributed by atoms with Gasteiger partial charge in [0, 0.05) is 19.6 Å². The van der Waals surface area contributed by atoms with Gasteiger partial charge in [0.1, 0.15) is 5.60 Å². The molecule has 0 amide bonds. The number of nitriles is 1. The molecule has 19 heavy (non-hydrogen) atoms. The quantitative estimate of drug-likeness (QED) is 0.809. The Bertz CT molecular complexity index is 583. The number of sulfonamides is 1. The summed E-state index contributed by atoms with van der Waals surface area (Å²) in [5.74, 6) is 0. The second-order valence-corrected chi connectivity index (χ2v) is 6.25. The minimum Gasteiger partial charge on any atom is -0.386 e. The molecule has 0 aliphatic carbocycles. The van der Waals surface area contributed by atoms with Crippen molar-refractivity contribution in [3.8, 4) is 6.07 Å². The average molecular weight is 282 g/mol. The summed E-state index contributed by atoms with van der Waals surface area (Å²) in [5, 5.41) is 18.6. The van der Waals surface area contributed by atoms with Gasteiger partial charge in [0.15, 0.2) is 0 Å². The van der Waals surface area contributed by atoms with Gasteiger partial charge in [-0.15, -0.1) is 0 Å². The maximum atomic E-state index is 12.0. The number of nitrogens with zero attached hydrogens (tertiary/aromatic N) is 1. The van der Waals surface area contributed by atoms with Gasteiger partial charge in [0.2, 0.25) is 10.0 Å². The number of hydrogen-bond donors (Lipinski definition) is 2. The number of nitrogens with one attached hydrogen (secondary N) is 1. The van der Waals surface area contributed by atoms with E-state index in [-0.39, 0.29) is 18.0 Å². The van der Waals surface area contributed by atoms with Crippen LogP contribution in [0.25, 0.3) is 0 Å². The molecule has 102 valence electrons. The highest BCUT2D eigenvalue weighted by molar-refractivity contribution is 7.89. The summed E-state index contributed by atoms with van der Waals surface area (Å²) in [7, 11) is -3.69. The van der Waals surface area contributed by atoms with E-state index < -0.39 is 15.6 Å². The monoisotopic (exact) mass is 282 g/mol. The van der Waals surface area contributed by atoms with E-state index in [2.05, 4.69) is 4.72 Å². The summed E-state index contributed by atoms with van der Waals surface area (Å²) in [5.41, 5.74) is -0.749. The maximum absolute atomic E-state index is 12.0. The van der Waals surface area contributed by atoms with Crippen LogP contribution in [0.1, 0.15) is 12.0 Å². The molecule has 0 saturated carbocycles. The van der Waals surface area contributed by atoms with Crippen LogP contribution >= 0.6 is 0 Å². The molecule has 1 heterocycles. The first kappa shape index (κ1) is 14.0. The van der Waals surface area contributed by atoms with Crippen molar-refractivity contribution < 1.29 is 18.3 Å². The Labute approximate surface area is 111 Å². The fourth-order valence-electron chi connectivity index (χ4n) is 1.76. The number of aliphatic hydroxyl groups is 1. The van der Waals surface area contributed by atoms with Crippen molar-refractivity contribution in [2.24, 2.45) is 0 Å². The number of hydrogen-bond acceptors (Lipinski definition) is 5. The van der Waals surface area contributed by atoms with E-state index in [0.717, 1.165) is 0 Å². The van der Waals surface area contributed by atoms with E-state index in [0.29, 0.717) is 18.6 Å². The molecule has 0 unspecified atom stereocenters. The molecule has 0 bridgehead atoms. The van der Waals surface area contributed by atoms with Crippen LogP contribution in [0.5, 0.6) is 0 Å². The van der Waals surface area contributed by atoms with Crippen LogP contribution in [0, 0.1) is 11.3 Å². The van der Waals surface area contributed by atoms with Crippen molar-refractivity contribution in [1.82, 2.24) is 4.72 Å². The Kier molecular flexibility index (Phi) is 3.87. The highest BCUT2D eigenvalue weighted by atomic mass is 32.2. The Morgan fingerprint density at radius 3 is 2.63 bits per heavy atom. The third kappa shape index (κ3) is 3.30. The fourth-order valence-corrected chi connectivity index (χ4v) is 2.88. The van der Waals surface area contributed by atoms with Gasteiger partial charge in [-0.05, 0) is 24.3 Å². The molecular weight excluding hydrogens is 268 g/mol. The molecule has 0 radical (unpaired) electrons. The van der Waals surface area contributed by atoms with Crippen molar-refractivity contribution in [2.75, 3.05) is 19.8 Å². The SMILES string of the molecule is N#Cc1ccc(S(=O)(=O)NC[C@]2(O)CCOC2)cc1. The molecule has 7 heteroatoms. The normalized spacial score (nSPS) is 23.2. The molecule has 2 N–H and O–H groups in total. The third-order valence-electron chi connectivity index (χ3n) is 2.97. The molecule has 6 nitrogen and oxygen atoms in total. The first-order valence-corrected chi connectivity index (χ1v) is 7.23. The molecular formula is C12H14N2O4S. The largest absolute Gasteiger partial charge is 0.386 e. The first-order valence-electron chi connectivity index (χ1n) is 5.75. The lowest BCUT2D eigenvalue weighted by Gasteiger charge is -2.20. The van der Waals surface area contributed by atoms with E-state index >= 15 is 0 Å². The van der Waals surface area contributed by atoms with E-state index in [4.69, 9.17) is 10.00 Å². The van der Waals surface area contributed by atoms with Crippen LogP contribution in [0.15, 0.2) is 29.2 Å². The summed E-state index contributed by atoms with van der Waals surface area (Å²) >= 11 is 0. The zero-order valence-corrected chi connectivity index (χ0v) is 11.0. The van der Waals surface area contributed by atoms with Gasteiger partial charge in [-0.25, -0.2) is 13.1 Å². The number of ether oxygens (including phenoxy) is 1. The molecule has 1 saturated heterocycles. The van der Waals surface area contributed by atoms with Crippen LogP contribution < -0.4 is 4.72 Å². The molecule has 0 aromatic heterocycles. The van der Waals surface area contributed by atoms with Crippen molar-refractivity contribution >= 4 is 10.0 Å². The smallest absolute Gasteiger partial charge is 0.240 e. The lowest BCUT2D eigenvalue weighted by atomic mass is 10.1. The topological polar surface area (TPSA) is 99.4 Å². The van der Waals surface area contributed by atoms with Gasteiger partial charge in [-0.1, -0.05) is 0 Å². The zero-order chi connectivity index (χ0) is 13.9. The average Bonchev–Trinajstić information content (AvgIpc) is 2.84. The summed E-state index contributed by atoms with van der Waals surface area (Å²) in [6.45, 7) is 0.466. The molecule has 1 atom stereocenters. The van der Waals surface area contributed by atoms with E-state index in [1.165, 1.54) is 24.3 Å². The molecule has 1 fully saturated rings. The second-order valence-electron chi connectivity index (χ2n) is 4.49. The van der Waals surface area contributed by atoms with Gasteiger partial charge in [-0.2, -0.15) is 5.26 Å². The number of rotatable bonds is 4. The second kappa shape index (κ2) is 5.27. The predicted octanol–water partition coefficient (Wildman–Crippen LogP) is -0.0120. The van der Waals surface area contributed by atoms with Crippen LogP contribution in [0.4, 0.5) is 0 Å². The van der Waals surface area contributed by atoms with Crippen molar-refractivity contribution in [2.45, 2.75) is 16.9 Å². The highest BCUT2D eigenvalue weighted by Gasteiger charge is 2.33. The minimum atomic E-state index is -3.69. The van der Waals surface area contributed by atoms with E-state index in [1.807, 2.05) is 6.07 Å². The third-order valence-corrected chi connectivity index (χ3v) is 4.38. The molecule has 0 spiro atoms. The van der Waals surface area contributed by atoms with Crippen molar-refractivity contribution in [3.05, 3.63) is 29.8 Å². The van der Waals surface area contributed by atoms with Crippen molar-refractivity contribution in [1.29, 1.82) is 5.26 Å². The van der Waals surface area contributed by atoms with Crippen LogP contribution in [-0.2, 0) is 14.8 Å². The van der Waals surface area contributed by atoms with Crippen LogP contribution in [-0.4, -0.2) is 38.9 Å². The standard InChI is InChI=1S/C12H14N2O4S/c13-7-10-1-3-11(4-2-10)19(16,17)14-8-12(15)5-6-18-9-12/h1-4,14-15H,5-6,8-9H2/t12-/m1/s1. The lowest BCUT2D eigenvalue weighted by Crippen LogP contribution is -2.43. The predicted molar refractivity (Wildman–Crippen MR) is 66.7 cm³/mol. The minimum absolute atomic E-state index is 0.0639. The van der Waals surface area contributed by atoms with Gasteiger partial charge in [0.05, 0.1) is 23.1 Å². The molecule has 1 aliphatic heterocycles. The first-order chi connectivity index (χ1) is 8.95. The summed E-state index contributed by atoms with van der Waals surface area (Å²) in [6.07, 6.45) is 0.406. The molecule has 2 rings (SSSR count). The van der Waals surface area contributed by atoms with Crippen molar-refractivity contribution in [3.63, 3.8) is 0 Å². The Balaban J connectivity index is 2.07. The van der Waals surface area contributed by atoms with E-state index in [9.17, 15) is 13.5 Å². The molecule has 1 aliphatic rings. The lowest BCUT2D eigenvalue weighted by molar-refractivity contribution is 0.0314. The maximum Gasteiger partial charge on any atom is 0.240 e. The Morgan fingerprint density at radius 2 is 2.11 bits per heavy atom.